The van der Waals surface area contributed by atoms with Crippen LogP contribution in [-0.2, 0) is 5.41 Å². The molecule has 230 valence electrons. The van der Waals surface area contributed by atoms with Gasteiger partial charge in [0.1, 0.15) is 0 Å². The molecule has 0 bridgehead atoms. The standard InChI is InChI=1S/C49H34/c1-49(2)44-27-12-11-24-42(44)48-36(25-14-28-45(48)49)33-29-32-16-4-6-19-35(32)43(30-33)47-40-22-9-7-20-38(40)46(39-21-8-10-23-41(39)47)37-26-13-17-31-15-3-5-18-34(31)37/h3-30H,1-2H3. The van der Waals surface area contributed by atoms with E-state index in [9.17, 15) is 0 Å². The van der Waals surface area contributed by atoms with Crippen LogP contribution in [0.15, 0.2) is 170 Å². The minimum atomic E-state index is -0.0501. The maximum atomic E-state index is 2.47. The van der Waals surface area contributed by atoms with Crippen molar-refractivity contribution in [1.29, 1.82) is 0 Å². The topological polar surface area (TPSA) is 0 Å². The summed E-state index contributed by atoms with van der Waals surface area (Å²) in [6, 6.07) is 63.2. The molecule has 0 unspecified atom stereocenters. The third kappa shape index (κ3) is 4.04. The van der Waals surface area contributed by atoms with E-state index in [0.29, 0.717) is 0 Å². The molecule has 1 aliphatic rings. The first-order chi connectivity index (χ1) is 24.1. The van der Waals surface area contributed by atoms with Gasteiger partial charge in [0.2, 0.25) is 0 Å². The maximum Gasteiger partial charge on any atom is 0.0159 e. The Morgan fingerprint density at radius 2 is 0.755 bits per heavy atom. The van der Waals surface area contributed by atoms with Crippen molar-refractivity contribution < 1.29 is 0 Å². The van der Waals surface area contributed by atoms with E-state index >= 15 is 0 Å². The largest absolute Gasteiger partial charge is 0.0619 e. The average Bonchev–Trinajstić information content (AvgIpc) is 3.39. The summed E-state index contributed by atoms with van der Waals surface area (Å²) in [5.41, 5.74) is 13.2. The van der Waals surface area contributed by atoms with Gasteiger partial charge in [-0.05, 0) is 111 Å². The van der Waals surface area contributed by atoms with Crippen LogP contribution < -0.4 is 0 Å². The van der Waals surface area contributed by atoms with Crippen molar-refractivity contribution in [2.45, 2.75) is 19.3 Å². The van der Waals surface area contributed by atoms with Gasteiger partial charge >= 0.3 is 0 Å². The summed E-state index contributed by atoms with van der Waals surface area (Å²) in [5, 5.41) is 10.2. The Morgan fingerprint density at radius 1 is 0.306 bits per heavy atom. The highest BCUT2D eigenvalue weighted by Gasteiger charge is 2.36. The van der Waals surface area contributed by atoms with Crippen LogP contribution >= 0.6 is 0 Å². The normalized spacial score (nSPS) is 13.3. The van der Waals surface area contributed by atoms with Crippen LogP contribution in [0.1, 0.15) is 25.0 Å². The molecule has 0 atom stereocenters. The zero-order valence-electron chi connectivity index (χ0n) is 27.7. The Labute approximate surface area is 286 Å². The molecular formula is C49H34. The van der Waals surface area contributed by atoms with Crippen LogP contribution in [0.3, 0.4) is 0 Å². The predicted molar refractivity (Wildman–Crippen MR) is 210 cm³/mol. The first-order valence-electron chi connectivity index (χ1n) is 17.3. The molecule has 0 N–H and O–H groups in total. The summed E-state index contributed by atoms with van der Waals surface area (Å²) in [7, 11) is 0. The third-order valence-electron chi connectivity index (χ3n) is 11.0. The summed E-state index contributed by atoms with van der Waals surface area (Å²) in [4.78, 5) is 0. The Hall–Kier alpha value is -5.98. The zero-order chi connectivity index (χ0) is 32.7. The third-order valence-corrected chi connectivity index (χ3v) is 11.0. The van der Waals surface area contributed by atoms with E-state index in [0.717, 1.165) is 0 Å². The van der Waals surface area contributed by atoms with Gasteiger partial charge < -0.3 is 0 Å². The van der Waals surface area contributed by atoms with Gasteiger partial charge in [0.25, 0.3) is 0 Å². The van der Waals surface area contributed by atoms with Gasteiger partial charge in [-0.3, -0.25) is 0 Å². The Morgan fingerprint density at radius 3 is 1.45 bits per heavy atom. The molecule has 49 heavy (non-hydrogen) atoms. The molecule has 0 amide bonds. The highest BCUT2D eigenvalue weighted by molar-refractivity contribution is 6.25. The van der Waals surface area contributed by atoms with Crippen LogP contribution in [0, 0.1) is 0 Å². The first-order valence-corrected chi connectivity index (χ1v) is 17.3. The number of rotatable bonds is 3. The molecule has 0 nitrogen and oxygen atoms in total. The second-order valence-electron chi connectivity index (χ2n) is 14.0. The molecule has 9 aromatic carbocycles. The minimum absolute atomic E-state index is 0.0501. The Balaban J connectivity index is 1.32. The van der Waals surface area contributed by atoms with Crippen molar-refractivity contribution in [1.82, 2.24) is 0 Å². The average molecular weight is 623 g/mol. The van der Waals surface area contributed by atoms with Crippen molar-refractivity contribution >= 4 is 43.1 Å². The molecule has 0 heteroatoms. The molecule has 0 spiro atoms. The monoisotopic (exact) mass is 622 g/mol. The van der Waals surface area contributed by atoms with Gasteiger partial charge in [-0.15, -0.1) is 0 Å². The van der Waals surface area contributed by atoms with Crippen molar-refractivity contribution in [2.24, 2.45) is 0 Å². The molecule has 9 aromatic rings. The fraction of sp³-hybridized carbons (Fsp3) is 0.0612. The summed E-state index contributed by atoms with van der Waals surface area (Å²) in [5.74, 6) is 0. The molecule has 10 rings (SSSR count). The fourth-order valence-corrected chi connectivity index (χ4v) is 8.82. The Kier molecular flexibility index (Phi) is 6.02. The molecule has 1 aliphatic carbocycles. The lowest BCUT2D eigenvalue weighted by Crippen LogP contribution is -2.14. The van der Waals surface area contributed by atoms with Crippen LogP contribution in [0.5, 0.6) is 0 Å². The van der Waals surface area contributed by atoms with Gasteiger partial charge in [-0.25, -0.2) is 0 Å². The van der Waals surface area contributed by atoms with E-state index in [1.807, 2.05) is 0 Å². The summed E-state index contributed by atoms with van der Waals surface area (Å²) >= 11 is 0. The second-order valence-corrected chi connectivity index (χ2v) is 14.0. The number of hydrogen-bond acceptors (Lipinski definition) is 0. The first kappa shape index (κ1) is 28.1. The lowest BCUT2D eigenvalue weighted by atomic mass is 9.81. The zero-order valence-corrected chi connectivity index (χ0v) is 27.7. The summed E-state index contributed by atoms with van der Waals surface area (Å²) < 4.78 is 0. The second kappa shape index (κ2) is 10.5. The number of benzene rings is 9. The summed E-state index contributed by atoms with van der Waals surface area (Å²) in [6.07, 6.45) is 0. The molecule has 0 radical (unpaired) electrons. The van der Waals surface area contributed by atoms with E-state index in [-0.39, 0.29) is 5.41 Å². The maximum absolute atomic E-state index is 2.47. The molecule has 0 saturated carbocycles. The molecule has 0 aromatic heterocycles. The fourth-order valence-electron chi connectivity index (χ4n) is 8.82. The van der Waals surface area contributed by atoms with Crippen molar-refractivity contribution in [3.05, 3.63) is 181 Å². The highest BCUT2D eigenvalue weighted by Crippen LogP contribution is 2.53. The van der Waals surface area contributed by atoms with Crippen LogP contribution in [0.4, 0.5) is 0 Å². The molecule has 0 aliphatic heterocycles. The lowest BCUT2D eigenvalue weighted by molar-refractivity contribution is 0.660. The quantitative estimate of drug-likeness (QED) is 0.172. The van der Waals surface area contributed by atoms with Crippen molar-refractivity contribution in [3.63, 3.8) is 0 Å². The van der Waals surface area contributed by atoms with Crippen molar-refractivity contribution in [3.8, 4) is 44.5 Å². The Bertz CT molecular complexity index is 2730. The highest BCUT2D eigenvalue weighted by atomic mass is 14.4. The van der Waals surface area contributed by atoms with E-state index in [4.69, 9.17) is 0 Å². The van der Waals surface area contributed by atoms with Crippen LogP contribution in [0.2, 0.25) is 0 Å². The van der Waals surface area contributed by atoms with Gasteiger partial charge in [0, 0.05) is 5.41 Å². The lowest BCUT2D eigenvalue weighted by Gasteiger charge is -2.22. The van der Waals surface area contributed by atoms with E-state index in [1.54, 1.807) is 0 Å². The van der Waals surface area contributed by atoms with Crippen LogP contribution in [0.25, 0.3) is 87.6 Å². The molecule has 0 heterocycles. The van der Waals surface area contributed by atoms with Gasteiger partial charge in [-0.1, -0.05) is 172 Å². The van der Waals surface area contributed by atoms with Gasteiger partial charge in [0.05, 0.1) is 0 Å². The number of fused-ring (bicyclic) bond motifs is 7. The molecule has 0 fully saturated rings. The van der Waals surface area contributed by atoms with Gasteiger partial charge in [0.15, 0.2) is 0 Å². The van der Waals surface area contributed by atoms with Crippen LogP contribution in [-0.4, -0.2) is 0 Å². The molecular weight excluding hydrogens is 589 g/mol. The van der Waals surface area contributed by atoms with Crippen molar-refractivity contribution in [2.75, 3.05) is 0 Å². The molecule has 0 saturated heterocycles. The smallest absolute Gasteiger partial charge is 0.0159 e. The van der Waals surface area contributed by atoms with Gasteiger partial charge in [-0.2, -0.15) is 0 Å². The SMILES string of the molecule is CC1(C)c2ccccc2-c2c(-c3cc(-c4c5ccccc5c(-c5cccc6ccccc56)c5ccccc45)c4ccccc4c3)cccc21. The van der Waals surface area contributed by atoms with E-state index in [2.05, 4.69) is 184 Å². The van der Waals surface area contributed by atoms with E-state index in [1.165, 1.54) is 98.7 Å². The predicted octanol–water partition coefficient (Wildman–Crippen LogP) is 13.6. The minimum Gasteiger partial charge on any atom is -0.0619 e. The number of hydrogen-bond donors (Lipinski definition) is 0. The summed E-state index contributed by atoms with van der Waals surface area (Å²) in [6.45, 7) is 4.73. The van der Waals surface area contributed by atoms with E-state index < -0.39 is 0 Å².